The Labute approximate surface area is 93.7 Å². The molecule has 1 atom stereocenters. The Morgan fingerprint density at radius 2 is 1.87 bits per heavy atom. The largest absolute Gasteiger partial charge is 0.327 e. The van der Waals surface area contributed by atoms with Gasteiger partial charge in [-0.3, -0.25) is 0 Å². The Balaban J connectivity index is 2.64. The highest BCUT2D eigenvalue weighted by Crippen LogP contribution is 2.14. The summed E-state index contributed by atoms with van der Waals surface area (Å²) < 4.78 is 0. The fourth-order valence-electron chi connectivity index (χ4n) is 2.05. The second-order valence-corrected chi connectivity index (χ2v) is 5.02. The first-order valence-electron chi connectivity index (χ1n) is 5.80. The lowest BCUT2D eigenvalue weighted by Gasteiger charge is -2.15. The van der Waals surface area contributed by atoms with E-state index in [-0.39, 0.29) is 0 Å². The van der Waals surface area contributed by atoms with Crippen molar-refractivity contribution in [3.8, 4) is 0 Å². The third-order valence-electron chi connectivity index (χ3n) is 2.75. The Bertz CT molecular complexity index is 315. The van der Waals surface area contributed by atoms with Gasteiger partial charge in [0, 0.05) is 6.04 Å². The Morgan fingerprint density at radius 1 is 1.20 bits per heavy atom. The molecular weight excluding hydrogens is 182 g/mol. The summed E-state index contributed by atoms with van der Waals surface area (Å²) >= 11 is 0. The lowest BCUT2D eigenvalue weighted by molar-refractivity contribution is 0.493. The van der Waals surface area contributed by atoms with Gasteiger partial charge < -0.3 is 5.73 Å². The predicted molar refractivity (Wildman–Crippen MR) is 67.1 cm³/mol. The van der Waals surface area contributed by atoms with Crippen molar-refractivity contribution in [1.29, 1.82) is 0 Å². The van der Waals surface area contributed by atoms with Crippen molar-refractivity contribution < 1.29 is 0 Å². The summed E-state index contributed by atoms with van der Waals surface area (Å²) in [6.07, 6.45) is 2.11. The number of aryl methyl sites for hydroxylation is 2. The minimum Gasteiger partial charge on any atom is -0.327 e. The summed E-state index contributed by atoms with van der Waals surface area (Å²) in [6.45, 7) is 8.75. The molecule has 0 fully saturated rings. The topological polar surface area (TPSA) is 26.0 Å². The van der Waals surface area contributed by atoms with Gasteiger partial charge in [-0.25, -0.2) is 0 Å². The molecule has 1 rings (SSSR count). The summed E-state index contributed by atoms with van der Waals surface area (Å²) in [5.74, 6) is 0.686. The van der Waals surface area contributed by atoms with Crippen LogP contribution in [0.25, 0.3) is 0 Å². The van der Waals surface area contributed by atoms with E-state index in [0.717, 1.165) is 12.8 Å². The van der Waals surface area contributed by atoms with Crippen LogP contribution in [0.1, 0.15) is 37.0 Å². The molecule has 0 aliphatic rings. The molecule has 0 bridgehead atoms. The summed E-state index contributed by atoms with van der Waals surface area (Å²) in [6, 6.07) is 6.92. The molecule has 1 aromatic carbocycles. The highest BCUT2D eigenvalue weighted by molar-refractivity contribution is 5.30. The number of hydrogen-bond donors (Lipinski definition) is 1. The van der Waals surface area contributed by atoms with Gasteiger partial charge in [0.2, 0.25) is 0 Å². The molecule has 1 unspecified atom stereocenters. The Morgan fingerprint density at radius 3 is 2.40 bits per heavy atom. The van der Waals surface area contributed by atoms with Crippen molar-refractivity contribution in [2.75, 3.05) is 0 Å². The lowest BCUT2D eigenvalue weighted by atomic mass is 9.95. The van der Waals surface area contributed by atoms with Gasteiger partial charge in [0.1, 0.15) is 0 Å². The van der Waals surface area contributed by atoms with Crippen LogP contribution >= 0.6 is 0 Å². The molecule has 1 aromatic rings. The van der Waals surface area contributed by atoms with E-state index in [1.165, 1.54) is 16.7 Å². The van der Waals surface area contributed by atoms with Gasteiger partial charge >= 0.3 is 0 Å². The van der Waals surface area contributed by atoms with Crippen LogP contribution in [0, 0.1) is 19.8 Å². The summed E-state index contributed by atoms with van der Waals surface area (Å²) in [7, 11) is 0. The second kappa shape index (κ2) is 5.32. The first-order valence-corrected chi connectivity index (χ1v) is 5.80. The van der Waals surface area contributed by atoms with Gasteiger partial charge in [0.05, 0.1) is 0 Å². The zero-order valence-electron chi connectivity index (χ0n) is 10.4. The van der Waals surface area contributed by atoms with Crippen molar-refractivity contribution in [2.45, 2.75) is 46.6 Å². The first kappa shape index (κ1) is 12.3. The fourth-order valence-corrected chi connectivity index (χ4v) is 2.05. The van der Waals surface area contributed by atoms with E-state index >= 15 is 0 Å². The third kappa shape index (κ3) is 4.05. The van der Waals surface area contributed by atoms with Crippen LogP contribution in [0.15, 0.2) is 18.2 Å². The number of hydrogen-bond acceptors (Lipinski definition) is 1. The molecule has 0 amide bonds. The summed E-state index contributed by atoms with van der Waals surface area (Å²) in [5, 5.41) is 0. The zero-order valence-corrected chi connectivity index (χ0v) is 10.4. The van der Waals surface area contributed by atoms with Gasteiger partial charge in [0.15, 0.2) is 0 Å². The van der Waals surface area contributed by atoms with E-state index in [2.05, 4.69) is 45.9 Å². The standard InChI is InChI=1S/C14H23N/c1-10(2)7-14(15)9-13-6-5-11(3)8-12(13)4/h5-6,8,10,14H,7,9,15H2,1-4H3. The van der Waals surface area contributed by atoms with Crippen molar-refractivity contribution in [3.63, 3.8) is 0 Å². The van der Waals surface area contributed by atoms with Gasteiger partial charge in [-0.05, 0) is 43.7 Å². The molecular formula is C14H23N. The van der Waals surface area contributed by atoms with E-state index in [4.69, 9.17) is 5.73 Å². The van der Waals surface area contributed by atoms with E-state index < -0.39 is 0 Å². The maximum Gasteiger partial charge on any atom is 0.00818 e. The lowest BCUT2D eigenvalue weighted by Crippen LogP contribution is -2.25. The summed E-state index contributed by atoms with van der Waals surface area (Å²) in [4.78, 5) is 0. The minimum atomic E-state index is 0.298. The fraction of sp³-hybridized carbons (Fsp3) is 0.571. The second-order valence-electron chi connectivity index (χ2n) is 5.02. The normalized spacial score (nSPS) is 13.2. The quantitative estimate of drug-likeness (QED) is 0.802. The molecule has 2 N–H and O–H groups in total. The van der Waals surface area contributed by atoms with E-state index in [0.29, 0.717) is 12.0 Å². The van der Waals surface area contributed by atoms with Crippen molar-refractivity contribution in [2.24, 2.45) is 11.7 Å². The number of benzene rings is 1. The Kier molecular flexibility index (Phi) is 4.34. The average molecular weight is 205 g/mol. The average Bonchev–Trinajstić information content (AvgIpc) is 2.08. The molecule has 0 aliphatic carbocycles. The van der Waals surface area contributed by atoms with Crippen molar-refractivity contribution in [1.82, 2.24) is 0 Å². The molecule has 1 nitrogen and oxygen atoms in total. The third-order valence-corrected chi connectivity index (χ3v) is 2.75. The first-order chi connectivity index (χ1) is 6.99. The SMILES string of the molecule is Cc1ccc(CC(N)CC(C)C)c(C)c1. The van der Waals surface area contributed by atoms with Crippen LogP contribution < -0.4 is 5.73 Å². The minimum absolute atomic E-state index is 0.298. The molecule has 1 heteroatoms. The maximum absolute atomic E-state index is 6.11. The van der Waals surface area contributed by atoms with E-state index in [9.17, 15) is 0 Å². The van der Waals surface area contributed by atoms with Crippen LogP contribution in [0.3, 0.4) is 0 Å². The van der Waals surface area contributed by atoms with Crippen molar-refractivity contribution >= 4 is 0 Å². The monoisotopic (exact) mass is 205 g/mol. The maximum atomic E-state index is 6.11. The highest BCUT2D eigenvalue weighted by Gasteiger charge is 2.08. The predicted octanol–water partition coefficient (Wildman–Crippen LogP) is 3.22. The van der Waals surface area contributed by atoms with E-state index in [1.807, 2.05) is 0 Å². The molecule has 0 heterocycles. The number of nitrogens with two attached hydrogens (primary N) is 1. The molecule has 0 aromatic heterocycles. The molecule has 0 spiro atoms. The van der Waals surface area contributed by atoms with Crippen LogP contribution in [0.5, 0.6) is 0 Å². The molecule has 0 saturated heterocycles. The van der Waals surface area contributed by atoms with Crippen LogP contribution in [-0.4, -0.2) is 6.04 Å². The smallest absolute Gasteiger partial charge is 0.00818 e. The van der Waals surface area contributed by atoms with Gasteiger partial charge in [-0.1, -0.05) is 37.6 Å². The van der Waals surface area contributed by atoms with Gasteiger partial charge in [-0.2, -0.15) is 0 Å². The Hall–Kier alpha value is -0.820. The van der Waals surface area contributed by atoms with Crippen LogP contribution in [-0.2, 0) is 6.42 Å². The van der Waals surface area contributed by atoms with Crippen molar-refractivity contribution in [3.05, 3.63) is 34.9 Å². The van der Waals surface area contributed by atoms with E-state index in [1.54, 1.807) is 0 Å². The molecule has 15 heavy (non-hydrogen) atoms. The zero-order chi connectivity index (χ0) is 11.4. The van der Waals surface area contributed by atoms with Crippen LogP contribution in [0.4, 0.5) is 0 Å². The highest BCUT2D eigenvalue weighted by atomic mass is 14.6. The summed E-state index contributed by atoms with van der Waals surface area (Å²) in [5.41, 5.74) is 10.2. The van der Waals surface area contributed by atoms with Gasteiger partial charge in [-0.15, -0.1) is 0 Å². The molecule has 0 radical (unpaired) electrons. The molecule has 0 saturated carbocycles. The molecule has 84 valence electrons. The van der Waals surface area contributed by atoms with Crippen LogP contribution in [0.2, 0.25) is 0 Å². The van der Waals surface area contributed by atoms with Gasteiger partial charge in [0.25, 0.3) is 0 Å². The number of rotatable bonds is 4. The molecule has 0 aliphatic heterocycles.